The van der Waals surface area contributed by atoms with Crippen LogP contribution in [0.2, 0.25) is 0 Å². The second kappa shape index (κ2) is 7.10. The smallest absolute Gasteiger partial charge is 0.239 e. The molecule has 1 aliphatic carbocycles. The molecule has 8 heteroatoms. The van der Waals surface area contributed by atoms with Crippen molar-refractivity contribution in [2.75, 3.05) is 13.1 Å². The molecule has 0 radical (unpaired) electrons. The molecule has 0 aromatic heterocycles. The minimum absolute atomic E-state index is 0.0428. The average molecular weight is 339 g/mol. The fourth-order valence-corrected chi connectivity index (χ4v) is 2.65. The molecule has 23 heavy (non-hydrogen) atoms. The van der Waals surface area contributed by atoms with Crippen molar-refractivity contribution < 1.29 is 18.0 Å². The Kier molecular flexibility index (Phi) is 5.38. The quantitative estimate of drug-likeness (QED) is 0.729. The molecule has 7 nitrogen and oxygen atoms in total. The summed E-state index contributed by atoms with van der Waals surface area (Å²) in [5.74, 6) is -0.315. The summed E-state index contributed by atoms with van der Waals surface area (Å²) in [7, 11) is -3.70. The molecule has 0 spiro atoms. The Morgan fingerprint density at radius 3 is 2.35 bits per heavy atom. The van der Waals surface area contributed by atoms with Gasteiger partial charge in [-0.25, -0.2) is 13.6 Å². The first-order valence-corrected chi connectivity index (χ1v) is 8.97. The maximum absolute atomic E-state index is 11.8. The second-order valence-corrected chi connectivity index (χ2v) is 7.28. The highest BCUT2D eigenvalue weighted by atomic mass is 32.2. The lowest BCUT2D eigenvalue weighted by Gasteiger charge is -2.20. The van der Waals surface area contributed by atoms with Gasteiger partial charge in [-0.1, -0.05) is 12.1 Å². The molecular weight excluding hydrogens is 318 g/mol. The molecular formula is C15H21N3O4S. The largest absolute Gasteiger partial charge is 0.352 e. The van der Waals surface area contributed by atoms with Gasteiger partial charge < -0.3 is 10.2 Å². The van der Waals surface area contributed by atoms with E-state index in [1.165, 1.54) is 24.0 Å². The van der Waals surface area contributed by atoms with Gasteiger partial charge >= 0.3 is 0 Å². The van der Waals surface area contributed by atoms with E-state index >= 15 is 0 Å². The van der Waals surface area contributed by atoms with Crippen LogP contribution in [0.4, 0.5) is 0 Å². The Morgan fingerprint density at radius 2 is 1.87 bits per heavy atom. The first kappa shape index (κ1) is 17.4. The van der Waals surface area contributed by atoms with Gasteiger partial charge in [-0.15, -0.1) is 0 Å². The summed E-state index contributed by atoms with van der Waals surface area (Å²) < 4.78 is 22.4. The van der Waals surface area contributed by atoms with E-state index in [1.807, 2.05) is 0 Å². The van der Waals surface area contributed by atoms with Crippen molar-refractivity contribution in [1.82, 2.24) is 10.2 Å². The highest BCUT2D eigenvalue weighted by Crippen LogP contribution is 2.18. The van der Waals surface area contributed by atoms with E-state index in [4.69, 9.17) is 5.14 Å². The third-order valence-electron chi connectivity index (χ3n) is 3.64. The number of nitrogens with zero attached hydrogens (tertiary/aromatic N) is 1. The molecule has 0 heterocycles. The van der Waals surface area contributed by atoms with Gasteiger partial charge in [-0.05, 0) is 37.0 Å². The maximum atomic E-state index is 11.8. The number of hydrogen-bond acceptors (Lipinski definition) is 4. The Bertz CT molecular complexity index is 681. The summed E-state index contributed by atoms with van der Waals surface area (Å²) >= 11 is 0. The van der Waals surface area contributed by atoms with Crippen LogP contribution in [0.1, 0.15) is 25.3 Å². The second-order valence-electron chi connectivity index (χ2n) is 5.72. The summed E-state index contributed by atoms with van der Waals surface area (Å²) in [6, 6.07) is 6.44. The number of nitrogens with one attached hydrogen (secondary N) is 1. The first-order valence-electron chi connectivity index (χ1n) is 7.42. The molecule has 0 unspecified atom stereocenters. The van der Waals surface area contributed by atoms with E-state index in [9.17, 15) is 18.0 Å². The Labute approximate surface area is 135 Å². The summed E-state index contributed by atoms with van der Waals surface area (Å²) in [5.41, 5.74) is 0.867. The number of rotatable bonds is 7. The number of carbonyl (C=O) groups is 2. The average Bonchev–Trinajstić information content (AvgIpc) is 3.26. The predicted octanol–water partition coefficient (Wildman–Crippen LogP) is 0.00360. The van der Waals surface area contributed by atoms with Crippen LogP contribution in [-0.4, -0.2) is 44.3 Å². The van der Waals surface area contributed by atoms with E-state index in [0.717, 1.165) is 18.4 Å². The summed E-state index contributed by atoms with van der Waals surface area (Å²) in [6.45, 7) is 1.86. The van der Waals surface area contributed by atoms with Crippen LogP contribution >= 0.6 is 0 Å². The van der Waals surface area contributed by atoms with Gasteiger partial charge in [-0.3, -0.25) is 9.59 Å². The third kappa shape index (κ3) is 5.65. The lowest BCUT2D eigenvalue weighted by atomic mass is 10.1. The van der Waals surface area contributed by atoms with E-state index < -0.39 is 10.0 Å². The highest BCUT2D eigenvalue weighted by Gasteiger charge is 2.24. The van der Waals surface area contributed by atoms with Gasteiger partial charge in [-0.2, -0.15) is 0 Å². The molecule has 0 saturated heterocycles. The monoisotopic (exact) mass is 339 g/mol. The molecule has 1 aliphatic rings. The molecule has 2 amide bonds. The predicted molar refractivity (Wildman–Crippen MR) is 84.9 cm³/mol. The zero-order valence-corrected chi connectivity index (χ0v) is 13.8. The zero-order valence-electron chi connectivity index (χ0n) is 13.0. The van der Waals surface area contributed by atoms with Crippen molar-refractivity contribution in [3.8, 4) is 0 Å². The normalized spacial score (nSPS) is 14.3. The number of sulfonamides is 1. The van der Waals surface area contributed by atoms with Crippen LogP contribution in [0.25, 0.3) is 0 Å². The standard InChI is InChI=1S/C15H21N3O4S/c1-11(19)18(10-15(20)17-13-4-5-13)9-8-12-2-6-14(7-3-12)23(16,21)22/h2-3,6-7,13H,4-5,8-10H2,1H3,(H,17,20)(H2,16,21,22). The molecule has 2 rings (SSSR count). The minimum Gasteiger partial charge on any atom is -0.352 e. The highest BCUT2D eigenvalue weighted by molar-refractivity contribution is 7.89. The number of carbonyl (C=O) groups excluding carboxylic acids is 2. The topological polar surface area (TPSA) is 110 Å². The van der Waals surface area contributed by atoms with Crippen LogP contribution in [0, 0.1) is 0 Å². The molecule has 0 aliphatic heterocycles. The lowest BCUT2D eigenvalue weighted by molar-refractivity contribution is -0.134. The molecule has 1 fully saturated rings. The van der Waals surface area contributed by atoms with Crippen LogP contribution in [0.15, 0.2) is 29.2 Å². The molecule has 0 bridgehead atoms. The molecule has 0 atom stereocenters. The third-order valence-corrected chi connectivity index (χ3v) is 4.57. The number of amides is 2. The van der Waals surface area contributed by atoms with Crippen molar-refractivity contribution in [3.05, 3.63) is 29.8 Å². The van der Waals surface area contributed by atoms with E-state index in [-0.39, 0.29) is 29.3 Å². The number of nitrogens with two attached hydrogens (primary N) is 1. The van der Waals surface area contributed by atoms with Gasteiger partial charge in [0.1, 0.15) is 0 Å². The number of primary sulfonamides is 1. The van der Waals surface area contributed by atoms with Crippen molar-refractivity contribution in [3.63, 3.8) is 0 Å². The van der Waals surface area contributed by atoms with Crippen molar-refractivity contribution >= 4 is 21.8 Å². The van der Waals surface area contributed by atoms with Crippen molar-refractivity contribution in [2.45, 2.75) is 37.1 Å². The Balaban J connectivity index is 1.90. The van der Waals surface area contributed by atoms with Gasteiger partial charge in [0.05, 0.1) is 11.4 Å². The number of benzene rings is 1. The van der Waals surface area contributed by atoms with Gasteiger partial charge in [0, 0.05) is 19.5 Å². The van der Waals surface area contributed by atoms with Gasteiger partial charge in [0.25, 0.3) is 0 Å². The van der Waals surface area contributed by atoms with Crippen LogP contribution in [0.5, 0.6) is 0 Å². The molecule has 1 aromatic rings. The Morgan fingerprint density at radius 1 is 1.26 bits per heavy atom. The molecule has 3 N–H and O–H groups in total. The Hall–Kier alpha value is -1.93. The first-order chi connectivity index (χ1) is 10.8. The summed E-state index contributed by atoms with van der Waals surface area (Å²) in [4.78, 5) is 25.0. The molecule has 1 saturated carbocycles. The van der Waals surface area contributed by atoms with Crippen molar-refractivity contribution in [2.24, 2.45) is 5.14 Å². The summed E-state index contributed by atoms with van der Waals surface area (Å²) in [6.07, 6.45) is 2.53. The van der Waals surface area contributed by atoms with Gasteiger partial charge in [0.15, 0.2) is 0 Å². The fourth-order valence-electron chi connectivity index (χ4n) is 2.13. The van der Waals surface area contributed by atoms with E-state index in [0.29, 0.717) is 13.0 Å². The van der Waals surface area contributed by atoms with E-state index in [2.05, 4.69) is 5.32 Å². The minimum atomic E-state index is -3.70. The van der Waals surface area contributed by atoms with Crippen LogP contribution in [0.3, 0.4) is 0 Å². The number of hydrogen-bond donors (Lipinski definition) is 2. The van der Waals surface area contributed by atoms with Crippen molar-refractivity contribution in [1.29, 1.82) is 0 Å². The summed E-state index contributed by atoms with van der Waals surface area (Å²) in [5, 5.41) is 7.89. The van der Waals surface area contributed by atoms with Crippen LogP contribution < -0.4 is 10.5 Å². The molecule has 1 aromatic carbocycles. The lowest BCUT2D eigenvalue weighted by Crippen LogP contribution is -2.41. The van der Waals surface area contributed by atoms with Crippen LogP contribution in [-0.2, 0) is 26.0 Å². The maximum Gasteiger partial charge on any atom is 0.239 e. The van der Waals surface area contributed by atoms with Gasteiger partial charge in [0.2, 0.25) is 21.8 Å². The fraction of sp³-hybridized carbons (Fsp3) is 0.467. The van der Waals surface area contributed by atoms with E-state index in [1.54, 1.807) is 12.1 Å². The zero-order chi connectivity index (χ0) is 17.0. The SMILES string of the molecule is CC(=O)N(CCc1ccc(S(N)(=O)=O)cc1)CC(=O)NC1CC1. The molecule has 126 valence electrons.